The molecule has 0 bridgehead atoms. The van der Waals surface area contributed by atoms with E-state index in [1.54, 1.807) is 0 Å². The summed E-state index contributed by atoms with van der Waals surface area (Å²) in [6.45, 7) is 4.24. The third kappa shape index (κ3) is 4.10. The minimum Gasteiger partial charge on any atom is -0.454 e. The van der Waals surface area contributed by atoms with Crippen LogP contribution in [0.25, 0.3) is 10.2 Å². The van der Waals surface area contributed by atoms with Gasteiger partial charge >= 0.3 is 5.97 Å². The second-order valence-corrected chi connectivity index (χ2v) is 7.44. The van der Waals surface area contributed by atoms with Gasteiger partial charge in [-0.1, -0.05) is 0 Å². The van der Waals surface area contributed by atoms with Crippen LogP contribution < -0.4 is 10.9 Å². The Labute approximate surface area is 154 Å². The SMILES string of the molecule is Cc1sc2ncn(CC(=O)OCC(=O)NC[C@@H]3CCCO3)c(=O)c2c1C. The van der Waals surface area contributed by atoms with Crippen LogP contribution in [0, 0.1) is 13.8 Å². The fraction of sp³-hybridized carbons (Fsp3) is 0.529. The van der Waals surface area contributed by atoms with Crippen LogP contribution in [0.3, 0.4) is 0 Å². The molecule has 140 valence electrons. The summed E-state index contributed by atoms with van der Waals surface area (Å²) in [6, 6.07) is 0. The first-order chi connectivity index (χ1) is 12.5. The predicted octanol–water partition coefficient (Wildman–Crippen LogP) is 0.913. The van der Waals surface area contributed by atoms with Crippen molar-refractivity contribution in [1.29, 1.82) is 0 Å². The first kappa shape index (κ1) is 18.5. The van der Waals surface area contributed by atoms with Gasteiger partial charge in [0.1, 0.15) is 11.4 Å². The van der Waals surface area contributed by atoms with E-state index in [0.717, 1.165) is 23.3 Å². The Kier molecular flexibility index (Phi) is 5.67. The quantitative estimate of drug-likeness (QED) is 0.749. The lowest BCUT2D eigenvalue weighted by Crippen LogP contribution is -2.35. The maximum atomic E-state index is 12.5. The number of nitrogens with one attached hydrogen (secondary N) is 1. The molecule has 1 N–H and O–H groups in total. The van der Waals surface area contributed by atoms with Gasteiger partial charge in [-0.15, -0.1) is 11.3 Å². The number of hydrogen-bond donors (Lipinski definition) is 1. The fourth-order valence-corrected chi connectivity index (χ4v) is 3.78. The summed E-state index contributed by atoms with van der Waals surface area (Å²) < 4.78 is 11.6. The molecule has 0 saturated carbocycles. The molecule has 9 heteroatoms. The Balaban J connectivity index is 1.54. The van der Waals surface area contributed by atoms with Gasteiger partial charge in [0, 0.05) is 18.0 Å². The molecule has 1 atom stereocenters. The van der Waals surface area contributed by atoms with Crippen LogP contribution in [0.2, 0.25) is 0 Å². The maximum Gasteiger partial charge on any atom is 0.326 e. The highest BCUT2D eigenvalue weighted by Crippen LogP contribution is 2.25. The third-order valence-corrected chi connectivity index (χ3v) is 5.49. The molecular formula is C17H21N3O5S. The highest BCUT2D eigenvalue weighted by atomic mass is 32.1. The van der Waals surface area contributed by atoms with Crippen LogP contribution in [-0.4, -0.2) is 47.3 Å². The lowest BCUT2D eigenvalue weighted by atomic mass is 10.2. The van der Waals surface area contributed by atoms with Crippen molar-refractivity contribution in [2.24, 2.45) is 0 Å². The number of thiophene rings is 1. The van der Waals surface area contributed by atoms with Crippen molar-refractivity contribution in [2.75, 3.05) is 19.8 Å². The molecule has 0 radical (unpaired) electrons. The van der Waals surface area contributed by atoms with E-state index in [1.165, 1.54) is 22.2 Å². The molecule has 26 heavy (non-hydrogen) atoms. The Morgan fingerprint density at radius 2 is 2.27 bits per heavy atom. The normalized spacial score (nSPS) is 16.8. The zero-order valence-corrected chi connectivity index (χ0v) is 15.6. The monoisotopic (exact) mass is 379 g/mol. The molecule has 3 heterocycles. The van der Waals surface area contributed by atoms with Gasteiger partial charge < -0.3 is 14.8 Å². The van der Waals surface area contributed by atoms with Crippen LogP contribution in [0.15, 0.2) is 11.1 Å². The highest BCUT2D eigenvalue weighted by Gasteiger charge is 2.17. The Morgan fingerprint density at radius 1 is 1.46 bits per heavy atom. The van der Waals surface area contributed by atoms with E-state index in [9.17, 15) is 14.4 Å². The van der Waals surface area contributed by atoms with Crippen LogP contribution in [-0.2, 0) is 25.6 Å². The van der Waals surface area contributed by atoms with Gasteiger partial charge in [0.2, 0.25) is 0 Å². The standard InChI is InChI=1S/C17H21N3O5S/c1-10-11(2)26-16-15(10)17(23)20(9-19-16)7-14(22)25-8-13(21)18-6-12-4-3-5-24-12/h9,12H,3-8H2,1-2H3,(H,18,21)/t12-/m0/s1. The number of esters is 1. The highest BCUT2D eigenvalue weighted by molar-refractivity contribution is 7.18. The molecule has 0 aromatic carbocycles. The molecule has 1 aliphatic heterocycles. The first-order valence-corrected chi connectivity index (χ1v) is 9.26. The van der Waals surface area contributed by atoms with Gasteiger partial charge in [-0.05, 0) is 32.3 Å². The summed E-state index contributed by atoms with van der Waals surface area (Å²) in [5.41, 5.74) is 0.593. The van der Waals surface area contributed by atoms with Crippen LogP contribution in [0.5, 0.6) is 0 Å². The van der Waals surface area contributed by atoms with Crippen LogP contribution in [0.1, 0.15) is 23.3 Å². The summed E-state index contributed by atoms with van der Waals surface area (Å²) in [6.07, 6.45) is 3.27. The number of hydrogen-bond acceptors (Lipinski definition) is 7. The summed E-state index contributed by atoms with van der Waals surface area (Å²) in [7, 11) is 0. The average molecular weight is 379 g/mol. The predicted molar refractivity (Wildman–Crippen MR) is 96.3 cm³/mol. The first-order valence-electron chi connectivity index (χ1n) is 8.44. The van der Waals surface area contributed by atoms with E-state index in [2.05, 4.69) is 10.3 Å². The molecule has 1 saturated heterocycles. The van der Waals surface area contributed by atoms with Gasteiger partial charge in [0.05, 0.1) is 17.8 Å². The van der Waals surface area contributed by atoms with Crippen molar-refractivity contribution in [3.05, 3.63) is 27.1 Å². The molecule has 3 rings (SSSR count). The van der Waals surface area contributed by atoms with Gasteiger partial charge in [-0.2, -0.15) is 0 Å². The van der Waals surface area contributed by atoms with Crippen molar-refractivity contribution in [2.45, 2.75) is 39.3 Å². The fourth-order valence-electron chi connectivity index (χ4n) is 2.80. The van der Waals surface area contributed by atoms with Crippen molar-refractivity contribution >= 4 is 33.4 Å². The number of ether oxygens (including phenoxy) is 2. The molecule has 0 spiro atoms. The number of carbonyl (C=O) groups is 2. The molecule has 2 aromatic heterocycles. The lowest BCUT2D eigenvalue weighted by molar-refractivity contribution is -0.149. The zero-order chi connectivity index (χ0) is 18.7. The zero-order valence-electron chi connectivity index (χ0n) is 14.7. The number of fused-ring (bicyclic) bond motifs is 1. The van der Waals surface area contributed by atoms with E-state index in [0.29, 0.717) is 23.4 Å². The number of amides is 1. The molecule has 0 unspecified atom stereocenters. The number of carbonyl (C=O) groups excluding carboxylic acids is 2. The third-order valence-electron chi connectivity index (χ3n) is 4.37. The Morgan fingerprint density at radius 3 is 3.00 bits per heavy atom. The van der Waals surface area contributed by atoms with Gasteiger partial charge in [0.25, 0.3) is 11.5 Å². The topological polar surface area (TPSA) is 99.5 Å². The molecule has 0 aliphatic carbocycles. The smallest absolute Gasteiger partial charge is 0.326 e. The minimum atomic E-state index is -0.662. The van der Waals surface area contributed by atoms with Crippen LogP contribution in [0.4, 0.5) is 0 Å². The van der Waals surface area contributed by atoms with E-state index in [4.69, 9.17) is 9.47 Å². The van der Waals surface area contributed by atoms with Crippen molar-refractivity contribution < 1.29 is 19.1 Å². The van der Waals surface area contributed by atoms with Crippen molar-refractivity contribution in [1.82, 2.24) is 14.9 Å². The van der Waals surface area contributed by atoms with E-state index >= 15 is 0 Å². The second kappa shape index (κ2) is 7.96. The van der Waals surface area contributed by atoms with E-state index in [1.807, 2.05) is 13.8 Å². The summed E-state index contributed by atoms with van der Waals surface area (Å²) >= 11 is 1.45. The summed E-state index contributed by atoms with van der Waals surface area (Å²) in [5, 5.41) is 3.19. The largest absolute Gasteiger partial charge is 0.454 e. The Hall–Kier alpha value is -2.26. The molecular weight excluding hydrogens is 358 g/mol. The number of aromatic nitrogens is 2. The lowest BCUT2D eigenvalue weighted by Gasteiger charge is -2.11. The molecule has 1 amide bonds. The van der Waals surface area contributed by atoms with Gasteiger partial charge in [0.15, 0.2) is 6.61 Å². The van der Waals surface area contributed by atoms with Crippen LogP contribution >= 0.6 is 11.3 Å². The van der Waals surface area contributed by atoms with E-state index in [-0.39, 0.29) is 30.7 Å². The number of nitrogens with zero attached hydrogens (tertiary/aromatic N) is 2. The molecule has 1 fully saturated rings. The summed E-state index contributed by atoms with van der Waals surface area (Å²) in [4.78, 5) is 42.1. The van der Waals surface area contributed by atoms with E-state index < -0.39 is 5.97 Å². The number of aryl methyl sites for hydroxylation is 2. The Bertz CT molecular complexity index is 882. The molecule has 2 aromatic rings. The second-order valence-electron chi connectivity index (χ2n) is 6.24. The molecule has 1 aliphatic rings. The summed E-state index contributed by atoms with van der Waals surface area (Å²) in [5.74, 6) is -1.05. The average Bonchev–Trinajstić information content (AvgIpc) is 3.23. The van der Waals surface area contributed by atoms with Gasteiger partial charge in [-0.3, -0.25) is 19.0 Å². The minimum absolute atomic E-state index is 0.0309. The maximum absolute atomic E-state index is 12.5. The molecule has 8 nitrogen and oxygen atoms in total. The van der Waals surface area contributed by atoms with Crippen molar-refractivity contribution in [3.8, 4) is 0 Å². The van der Waals surface area contributed by atoms with Gasteiger partial charge in [-0.25, -0.2) is 4.98 Å². The van der Waals surface area contributed by atoms with Crippen molar-refractivity contribution in [3.63, 3.8) is 0 Å². The number of rotatable bonds is 6.